The number of aliphatic imine (C=N–C) groups is 1. The minimum Gasteiger partial charge on any atom is -0.356 e. The molecule has 1 aliphatic carbocycles. The SMILES string of the molecule is CN=C(NCCc1cccc(C(=O)N(C)C)c1)NC1CC1c1ccc(C(C)C)cc1. The number of nitrogens with one attached hydrogen (secondary N) is 2. The highest BCUT2D eigenvalue weighted by Gasteiger charge is 2.38. The van der Waals surface area contributed by atoms with E-state index in [1.807, 2.05) is 18.2 Å². The van der Waals surface area contributed by atoms with Gasteiger partial charge in [-0.3, -0.25) is 9.79 Å². The van der Waals surface area contributed by atoms with Crippen molar-refractivity contribution in [2.24, 2.45) is 4.99 Å². The van der Waals surface area contributed by atoms with E-state index in [-0.39, 0.29) is 5.91 Å². The fourth-order valence-corrected chi connectivity index (χ4v) is 3.66. The maximum absolute atomic E-state index is 12.1. The maximum atomic E-state index is 12.1. The second-order valence-electron chi connectivity index (χ2n) is 8.56. The van der Waals surface area contributed by atoms with Gasteiger partial charge in [-0.15, -0.1) is 0 Å². The molecule has 1 amide bonds. The van der Waals surface area contributed by atoms with Gasteiger partial charge in [0.2, 0.25) is 0 Å². The van der Waals surface area contributed by atoms with Gasteiger partial charge in [-0.25, -0.2) is 0 Å². The van der Waals surface area contributed by atoms with Crippen LogP contribution in [-0.4, -0.2) is 50.5 Å². The summed E-state index contributed by atoms with van der Waals surface area (Å²) in [4.78, 5) is 18.1. The van der Waals surface area contributed by atoms with Crippen molar-refractivity contribution in [2.45, 2.75) is 44.6 Å². The molecule has 2 aromatic rings. The standard InChI is InChI=1S/C25H34N4O/c1-17(2)19-9-11-20(12-10-19)22-16-23(22)28-25(26-3)27-14-13-18-7-6-8-21(15-18)24(30)29(4)5/h6-12,15,17,22-23H,13-14,16H2,1-5H3,(H2,26,27,28). The van der Waals surface area contributed by atoms with E-state index in [0.29, 0.717) is 17.9 Å². The van der Waals surface area contributed by atoms with Crippen LogP contribution in [-0.2, 0) is 6.42 Å². The first kappa shape index (κ1) is 21.9. The second-order valence-corrected chi connectivity index (χ2v) is 8.56. The van der Waals surface area contributed by atoms with Crippen LogP contribution in [0.1, 0.15) is 59.2 Å². The van der Waals surface area contributed by atoms with E-state index in [1.54, 1.807) is 26.0 Å². The fourth-order valence-electron chi connectivity index (χ4n) is 3.66. The summed E-state index contributed by atoms with van der Waals surface area (Å²) in [7, 11) is 5.35. The van der Waals surface area contributed by atoms with Gasteiger partial charge in [-0.2, -0.15) is 0 Å². The number of amides is 1. The molecule has 2 unspecified atom stereocenters. The average molecular weight is 407 g/mol. The van der Waals surface area contributed by atoms with Crippen molar-refractivity contribution in [3.8, 4) is 0 Å². The Morgan fingerprint density at radius 1 is 1.17 bits per heavy atom. The van der Waals surface area contributed by atoms with Gasteiger partial charge in [0.25, 0.3) is 5.91 Å². The molecule has 0 radical (unpaired) electrons. The number of guanidine groups is 1. The van der Waals surface area contributed by atoms with Crippen LogP contribution in [0, 0.1) is 0 Å². The predicted molar refractivity (Wildman–Crippen MR) is 124 cm³/mol. The molecule has 2 N–H and O–H groups in total. The zero-order valence-corrected chi connectivity index (χ0v) is 18.8. The molecule has 0 aromatic heterocycles. The normalized spacial score (nSPS) is 18.3. The number of nitrogens with zero attached hydrogens (tertiary/aromatic N) is 2. The topological polar surface area (TPSA) is 56.7 Å². The molecule has 5 nitrogen and oxygen atoms in total. The monoisotopic (exact) mass is 406 g/mol. The van der Waals surface area contributed by atoms with E-state index < -0.39 is 0 Å². The minimum absolute atomic E-state index is 0.0310. The highest BCUT2D eigenvalue weighted by molar-refractivity contribution is 5.94. The summed E-state index contributed by atoms with van der Waals surface area (Å²) in [6, 6.07) is 17.3. The Balaban J connectivity index is 1.47. The zero-order chi connectivity index (χ0) is 21.7. The van der Waals surface area contributed by atoms with Crippen LogP contribution in [0.5, 0.6) is 0 Å². The van der Waals surface area contributed by atoms with Crippen molar-refractivity contribution in [3.05, 3.63) is 70.8 Å². The van der Waals surface area contributed by atoms with Crippen LogP contribution in [0.2, 0.25) is 0 Å². The molecule has 1 fully saturated rings. The summed E-state index contributed by atoms with van der Waals surface area (Å²) in [5.41, 5.74) is 4.65. The van der Waals surface area contributed by atoms with Crippen LogP contribution in [0.15, 0.2) is 53.5 Å². The fraction of sp³-hybridized carbons (Fsp3) is 0.440. The lowest BCUT2D eigenvalue weighted by atomic mass is 10.0. The quantitative estimate of drug-likeness (QED) is 0.544. The summed E-state index contributed by atoms with van der Waals surface area (Å²) < 4.78 is 0. The first-order chi connectivity index (χ1) is 14.4. The van der Waals surface area contributed by atoms with Crippen molar-refractivity contribution in [1.82, 2.24) is 15.5 Å². The van der Waals surface area contributed by atoms with Crippen molar-refractivity contribution in [3.63, 3.8) is 0 Å². The van der Waals surface area contributed by atoms with Gasteiger partial charge >= 0.3 is 0 Å². The highest BCUT2D eigenvalue weighted by Crippen LogP contribution is 2.41. The minimum atomic E-state index is 0.0310. The maximum Gasteiger partial charge on any atom is 0.253 e. The number of hydrogen-bond donors (Lipinski definition) is 2. The lowest BCUT2D eigenvalue weighted by Gasteiger charge is -2.13. The third-order valence-electron chi connectivity index (χ3n) is 5.65. The van der Waals surface area contributed by atoms with E-state index in [9.17, 15) is 4.79 Å². The third-order valence-corrected chi connectivity index (χ3v) is 5.65. The van der Waals surface area contributed by atoms with Crippen molar-refractivity contribution >= 4 is 11.9 Å². The Morgan fingerprint density at radius 3 is 2.53 bits per heavy atom. The Bertz CT molecular complexity index is 886. The molecule has 5 heteroatoms. The highest BCUT2D eigenvalue weighted by atomic mass is 16.2. The number of hydrogen-bond acceptors (Lipinski definition) is 2. The van der Waals surface area contributed by atoms with Crippen molar-refractivity contribution < 1.29 is 4.79 Å². The number of rotatable bonds is 7. The molecule has 1 aliphatic rings. The van der Waals surface area contributed by atoms with Gasteiger partial charge in [0.1, 0.15) is 0 Å². The summed E-state index contributed by atoms with van der Waals surface area (Å²) in [5, 5.41) is 6.94. The Hall–Kier alpha value is -2.82. The molecule has 3 rings (SSSR count). The number of benzene rings is 2. The molecule has 2 aromatic carbocycles. The first-order valence-electron chi connectivity index (χ1n) is 10.8. The molecule has 2 atom stereocenters. The number of carbonyl (C=O) groups excluding carboxylic acids is 1. The molecule has 0 spiro atoms. The molecule has 0 bridgehead atoms. The van der Waals surface area contributed by atoms with Crippen LogP contribution in [0.4, 0.5) is 0 Å². The van der Waals surface area contributed by atoms with E-state index in [1.165, 1.54) is 11.1 Å². The van der Waals surface area contributed by atoms with E-state index in [4.69, 9.17) is 0 Å². The second kappa shape index (κ2) is 9.79. The molecule has 1 saturated carbocycles. The van der Waals surface area contributed by atoms with Gasteiger partial charge in [-0.1, -0.05) is 50.2 Å². The zero-order valence-electron chi connectivity index (χ0n) is 18.8. The van der Waals surface area contributed by atoms with Crippen LogP contribution in [0.25, 0.3) is 0 Å². The molecule has 0 aliphatic heterocycles. The first-order valence-corrected chi connectivity index (χ1v) is 10.8. The Labute approximate surface area is 180 Å². The Kier molecular flexibility index (Phi) is 7.14. The lowest BCUT2D eigenvalue weighted by molar-refractivity contribution is 0.0827. The Morgan fingerprint density at radius 2 is 1.90 bits per heavy atom. The van der Waals surface area contributed by atoms with Crippen molar-refractivity contribution in [2.75, 3.05) is 27.7 Å². The summed E-state index contributed by atoms with van der Waals surface area (Å²) in [5.74, 6) is 1.99. The van der Waals surface area contributed by atoms with Gasteiger partial charge in [-0.05, 0) is 47.6 Å². The van der Waals surface area contributed by atoms with Gasteiger partial charge in [0, 0.05) is 45.2 Å². The smallest absolute Gasteiger partial charge is 0.253 e. The van der Waals surface area contributed by atoms with Gasteiger partial charge in [0.05, 0.1) is 0 Å². The van der Waals surface area contributed by atoms with E-state index in [0.717, 1.165) is 36.5 Å². The summed E-state index contributed by atoms with van der Waals surface area (Å²) in [6.45, 7) is 5.21. The molecule has 0 saturated heterocycles. The largest absolute Gasteiger partial charge is 0.356 e. The van der Waals surface area contributed by atoms with Crippen LogP contribution < -0.4 is 10.6 Å². The summed E-state index contributed by atoms with van der Waals surface area (Å²) in [6.07, 6.45) is 1.97. The predicted octanol–water partition coefficient (Wildman–Crippen LogP) is 3.78. The molecule has 30 heavy (non-hydrogen) atoms. The van der Waals surface area contributed by atoms with Crippen LogP contribution >= 0.6 is 0 Å². The number of carbonyl (C=O) groups is 1. The average Bonchev–Trinajstić information content (AvgIpc) is 3.51. The molecular formula is C25H34N4O. The summed E-state index contributed by atoms with van der Waals surface area (Å²) >= 11 is 0. The lowest BCUT2D eigenvalue weighted by Crippen LogP contribution is -2.39. The van der Waals surface area contributed by atoms with E-state index >= 15 is 0 Å². The van der Waals surface area contributed by atoms with Gasteiger partial charge in [0.15, 0.2) is 5.96 Å². The van der Waals surface area contributed by atoms with Crippen LogP contribution in [0.3, 0.4) is 0 Å². The molecular weight excluding hydrogens is 372 g/mol. The van der Waals surface area contributed by atoms with E-state index in [2.05, 4.69) is 59.8 Å². The van der Waals surface area contributed by atoms with Crippen molar-refractivity contribution in [1.29, 1.82) is 0 Å². The molecule has 0 heterocycles. The molecule has 160 valence electrons. The third kappa shape index (κ3) is 5.62. The van der Waals surface area contributed by atoms with Gasteiger partial charge < -0.3 is 15.5 Å².